The molecule has 3 rings (SSSR count). The van der Waals surface area contributed by atoms with Crippen molar-refractivity contribution in [3.63, 3.8) is 0 Å². The molecule has 0 heterocycles. The van der Waals surface area contributed by atoms with Gasteiger partial charge in [0.05, 0.1) is 0 Å². The van der Waals surface area contributed by atoms with Crippen molar-refractivity contribution in [2.75, 3.05) is 19.0 Å². The van der Waals surface area contributed by atoms with Crippen molar-refractivity contribution in [2.24, 2.45) is 0 Å². The van der Waals surface area contributed by atoms with E-state index in [0.29, 0.717) is 6.61 Å². The Balaban J connectivity index is 2.03. The zero-order valence-corrected chi connectivity index (χ0v) is 26.4. The van der Waals surface area contributed by atoms with Crippen LogP contribution in [0.25, 0.3) is 0 Å². The number of aryl methyl sites for hydroxylation is 1. The first-order chi connectivity index (χ1) is 17.4. The summed E-state index contributed by atoms with van der Waals surface area (Å²) in [5, 5.41) is 0. The van der Waals surface area contributed by atoms with E-state index in [9.17, 15) is 0 Å². The Labute approximate surface area is 233 Å². The second-order valence-corrected chi connectivity index (χ2v) is 14.3. The predicted molar refractivity (Wildman–Crippen MR) is 166 cm³/mol. The summed E-state index contributed by atoms with van der Waals surface area (Å²) in [4.78, 5) is 2.23. The maximum Gasteiger partial charge on any atom is 0.123 e. The Morgan fingerprint density at radius 3 is 1.84 bits per heavy atom. The number of benzene rings is 3. The first-order valence-electron chi connectivity index (χ1n) is 14.1. The molecule has 2 heteroatoms. The minimum absolute atomic E-state index is 0.0105. The van der Waals surface area contributed by atoms with Gasteiger partial charge in [0.1, 0.15) is 12.4 Å². The SMILES string of the molecule is Cc1ccc(OCc2ccc(Cc3cc(C(C)(C)C)ccc3N(C)C)c(C)c2C(C)(C)C)c(C(C)(C)C)c1. The van der Waals surface area contributed by atoms with Gasteiger partial charge in [-0.3, -0.25) is 0 Å². The summed E-state index contributed by atoms with van der Waals surface area (Å²) in [5.74, 6) is 0.985. The topological polar surface area (TPSA) is 12.5 Å². The van der Waals surface area contributed by atoms with Crippen molar-refractivity contribution >= 4 is 5.69 Å². The molecule has 3 aromatic carbocycles. The van der Waals surface area contributed by atoms with Crippen LogP contribution in [0.4, 0.5) is 5.69 Å². The average molecular weight is 514 g/mol. The molecule has 0 spiro atoms. The lowest BCUT2D eigenvalue weighted by Gasteiger charge is -2.29. The summed E-state index contributed by atoms with van der Waals surface area (Å²) in [7, 11) is 4.28. The lowest BCUT2D eigenvalue weighted by atomic mass is 9.78. The van der Waals surface area contributed by atoms with Gasteiger partial charge in [0, 0.05) is 19.8 Å². The van der Waals surface area contributed by atoms with Gasteiger partial charge in [0.2, 0.25) is 0 Å². The maximum atomic E-state index is 6.55. The van der Waals surface area contributed by atoms with E-state index in [1.807, 2.05) is 0 Å². The zero-order chi connectivity index (χ0) is 28.6. The standard InChI is InChI=1S/C36H51NO/c1-24-14-19-32(30(20-24)35(6,7)8)38-23-27-16-15-26(25(2)33(27)36(9,10)11)21-28-22-29(34(3,4)5)17-18-31(28)37(12)13/h14-20,22H,21,23H2,1-13H3. The van der Waals surface area contributed by atoms with Gasteiger partial charge in [-0.05, 0) is 87.6 Å². The van der Waals surface area contributed by atoms with Crippen molar-refractivity contribution in [3.05, 3.63) is 93.0 Å². The van der Waals surface area contributed by atoms with Crippen LogP contribution in [0.3, 0.4) is 0 Å². The van der Waals surface area contributed by atoms with Gasteiger partial charge in [0.25, 0.3) is 0 Å². The van der Waals surface area contributed by atoms with Crippen molar-refractivity contribution in [1.82, 2.24) is 0 Å². The van der Waals surface area contributed by atoms with Crippen LogP contribution in [0.2, 0.25) is 0 Å². The largest absolute Gasteiger partial charge is 0.489 e. The van der Waals surface area contributed by atoms with E-state index < -0.39 is 0 Å². The van der Waals surface area contributed by atoms with Gasteiger partial charge in [-0.25, -0.2) is 0 Å². The Morgan fingerprint density at radius 1 is 0.658 bits per heavy atom. The van der Waals surface area contributed by atoms with Gasteiger partial charge in [-0.1, -0.05) is 104 Å². The molecule has 0 bridgehead atoms. The highest BCUT2D eigenvalue weighted by Gasteiger charge is 2.25. The number of anilines is 1. The molecule has 206 valence electrons. The molecule has 0 N–H and O–H groups in total. The van der Waals surface area contributed by atoms with Gasteiger partial charge in [-0.15, -0.1) is 0 Å². The van der Waals surface area contributed by atoms with Crippen molar-refractivity contribution < 1.29 is 4.74 Å². The number of rotatable bonds is 6. The highest BCUT2D eigenvalue weighted by atomic mass is 16.5. The Kier molecular flexibility index (Phi) is 8.47. The van der Waals surface area contributed by atoms with Crippen LogP contribution < -0.4 is 9.64 Å². The van der Waals surface area contributed by atoms with Crippen LogP contribution in [0, 0.1) is 13.8 Å². The molecule has 0 aliphatic heterocycles. The van der Waals surface area contributed by atoms with Crippen molar-refractivity contribution in [2.45, 2.75) is 105 Å². The van der Waals surface area contributed by atoms with E-state index in [-0.39, 0.29) is 16.2 Å². The zero-order valence-electron chi connectivity index (χ0n) is 26.4. The third kappa shape index (κ3) is 6.82. The monoisotopic (exact) mass is 513 g/mol. The summed E-state index contributed by atoms with van der Waals surface area (Å²) < 4.78 is 6.55. The first kappa shape index (κ1) is 29.8. The molecular formula is C36H51NO. The summed E-state index contributed by atoms with van der Waals surface area (Å²) in [6, 6.07) is 18.2. The van der Waals surface area contributed by atoms with Crippen LogP contribution in [0.1, 0.15) is 107 Å². The first-order valence-corrected chi connectivity index (χ1v) is 14.1. The fourth-order valence-electron chi connectivity index (χ4n) is 5.51. The summed E-state index contributed by atoms with van der Waals surface area (Å²) in [5.41, 5.74) is 12.2. The smallest absolute Gasteiger partial charge is 0.123 e. The van der Waals surface area contributed by atoms with Crippen molar-refractivity contribution in [3.8, 4) is 5.75 Å². The average Bonchev–Trinajstić information content (AvgIpc) is 2.77. The molecule has 0 unspecified atom stereocenters. The molecule has 0 radical (unpaired) electrons. The van der Waals surface area contributed by atoms with Gasteiger partial charge >= 0.3 is 0 Å². The normalized spacial score (nSPS) is 12.6. The van der Waals surface area contributed by atoms with Gasteiger partial charge in [0.15, 0.2) is 0 Å². The fraction of sp³-hybridized carbons (Fsp3) is 0.500. The number of hydrogen-bond acceptors (Lipinski definition) is 2. The molecule has 0 aliphatic rings. The molecule has 3 aromatic rings. The third-order valence-electron chi connectivity index (χ3n) is 7.55. The highest BCUT2D eigenvalue weighted by Crippen LogP contribution is 2.37. The molecule has 38 heavy (non-hydrogen) atoms. The molecule has 0 aromatic heterocycles. The van der Waals surface area contributed by atoms with Crippen LogP contribution in [0.5, 0.6) is 5.75 Å². The minimum Gasteiger partial charge on any atom is -0.489 e. The Morgan fingerprint density at radius 2 is 1.29 bits per heavy atom. The molecule has 0 saturated heterocycles. The Bertz CT molecular complexity index is 1280. The molecule has 0 atom stereocenters. The summed E-state index contributed by atoms with van der Waals surface area (Å²) >= 11 is 0. The highest BCUT2D eigenvalue weighted by molar-refractivity contribution is 5.57. The van der Waals surface area contributed by atoms with Gasteiger partial charge in [-0.2, -0.15) is 0 Å². The van der Waals surface area contributed by atoms with Crippen LogP contribution >= 0.6 is 0 Å². The van der Waals surface area contributed by atoms with E-state index in [2.05, 4.69) is 144 Å². The second-order valence-electron chi connectivity index (χ2n) is 14.3. The lowest BCUT2D eigenvalue weighted by Crippen LogP contribution is -2.20. The molecule has 0 aliphatic carbocycles. The number of hydrogen-bond donors (Lipinski definition) is 0. The maximum absolute atomic E-state index is 6.55. The van der Waals surface area contributed by atoms with Crippen LogP contribution in [0.15, 0.2) is 48.5 Å². The van der Waals surface area contributed by atoms with E-state index in [0.717, 1.165) is 12.2 Å². The number of nitrogens with zero attached hydrogens (tertiary/aromatic N) is 1. The lowest BCUT2D eigenvalue weighted by molar-refractivity contribution is 0.294. The van der Waals surface area contributed by atoms with E-state index in [4.69, 9.17) is 4.74 Å². The van der Waals surface area contributed by atoms with E-state index in [1.54, 1.807) is 0 Å². The van der Waals surface area contributed by atoms with Crippen molar-refractivity contribution in [1.29, 1.82) is 0 Å². The molecule has 0 amide bonds. The van der Waals surface area contributed by atoms with Crippen LogP contribution in [-0.2, 0) is 29.3 Å². The molecule has 0 fully saturated rings. The minimum atomic E-state index is 0.0105. The molecule has 0 saturated carbocycles. The van der Waals surface area contributed by atoms with E-state index in [1.165, 1.54) is 50.2 Å². The van der Waals surface area contributed by atoms with Gasteiger partial charge < -0.3 is 9.64 Å². The predicted octanol–water partition coefficient (Wildman–Crippen LogP) is 9.43. The quantitative estimate of drug-likeness (QED) is 0.325. The number of ether oxygens (including phenoxy) is 1. The molecular weight excluding hydrogens is 462 g/mol. The fourth-order valence-corrected chi connectivity index (χ4v) is 5.51. The van der Waals surface area contributed by atoms with E-state index >= 15 is 0 Å². The summed E-state index contributed by atoms with van der Waals surface area (Å²) in [6.07, 6.45) is 0.916. The van der Waals surface area contributed by atoms with Crippen LogP contribution in [-0.4, -0.2) is 14.1 Å². The summed E-state index contributed by atoms with van der Waals surface area (Å²) in [6.45, 7) is 25.6. The third-order valence-corrected chi connectivity index (χ3v) is 7.55. The Hall–Kier alpha value is -2.74. The molecule has 2 nitrogen and oxygen atoms in total. The second kappa shape index (κ2) is 10.8.